The highest BCUT2D eigenvalue weighted by Gasteiger charge is 2.35. The van der Waals surface area contributed by atoms with Crippen molar-refractivity contribution >= 4 is 5.91 Å². The molecule has 0 bridgehead atoms. The molecule has 120 valence electrons. The van der Waals surface area contributed by atoms with Crippen LogP contribution in [-0.2, 0) is 19.0 Å². The van der Waals surface area contributed by atoms with Gasteiger partial charge in [0.25, 0.3) is 0 Å². The van der Waals surface area contributed by atoms with E-state index in [2.05, 4.69) is 4.90 Å². The third-order valence-electron chi connectivity index (χ3n) is 4.75. The fourth-order valence-electron chi connectivity index (χ4n) is 3.47. The lowest BCUT2D eigenvalue weighted by Crippen LogP contribution is -2.53. The predicted molar refractivity (Wildman–Crippen MR) is 76.9 cm³/mol. The number of nitrogens with zero attached hydrogens (tertiary/aromatic N) is 2. The maximum atomic E-state index is 12.6. The topological polar surface area (TPSA) is 51.2 Å². The molecule has 3 fully saturated rings. The molecule has 6 heteroatoms. The zero-order valence-corrected chi connectivity index (χ0v) is 12.8. The normalized spacial score (nSPS) is 30.5. The number of amides is 1. The molecule has 0 unspecified atom stereocenters. The summed E-state index contributed by atoms with van der Waals surface area (Å²) in [6.07, 6.45) is 2.16. The molecule has 3 aliphatic rings. The molecule has 0 spiro atoms. The molecule has 0 aromatic carbocycles. The Kier molecular flexibility index (Phi) is 5.11. The van der Waals surface area contributed by atoms with E-state index >= 15 is 0 Å². The van der Waals surface area contributed by atoms with Gasteiger partial charge in [-0.25, -0.2) is 0 Å². The van der Waals surface area contributed by atoms with E-state index in [4.69, 9.17) is 14.2 Å². The van der Waals surface area contributed by atoms with Crippen molar-refractivity contribution in [1.29, 1.82) is 0 Å². The van der Waals surface area contributed by atoms with Crippen LogP contribution in [0.4, 0.5) is 0 Å². The first kappa shape index (κ1) is 15.2. The molecule has 21 heavy (non-hydrogen) atoms. The molecule has 3 aliphatic heterocycles. The lowest BCUT2D eigenvalue weighted by Gasteiger charge is -2.39. The second-order valence-electron chi connectivity index (χ2n) is 6.12. The SMILES string of the molecule is C[C@H](C(=O)N1CCOCC1)N1CCC[C@H](C2OCCO2)C1. The Morgan fingerprint density at radius 2 is 1.81 bits per heavy atom. The molecular weight excluding hydrogens is 272 g/mol. The van der Waals surface area contributed by atoms with Gasteiger partial charge in [0.1, 0.15) is 0 Å². The van der Waals surface area contributed by atoms with Gasteiger partial charge in [-0.1, -0.05) is 0 Å². The van der Waals surface area contributed by atoms with Crippen molar-refractivity contribution in [2.45, 2.75) is 32.1 Å². The molecule has 0 saturated carbocycles. The molecule has 0 aliphatic carbocycles. The van der Waals surface area contributed by atoms with Gasteiger partial charge in [-0.2, -0.15) is 0 Å². The fraction of sp³-hybridized carbons (Fsp3) is 0.933. The van der Waals surface area contributed by atoms with Crippen LogP contribution in [0, 0.1) is 5.92 Å². The summed E-state index contributed by atoms with van der Waals surface area (Å²) in [4.78, 5) is 16.8. The fourth-order valence-corrected chi connectivity index (χ4v) is 3.47. The Morgan fingerprint density at radius 3 is 2.52 bits per heavy atom. The first-order chi connectivity index (χ1) is 10.3. The first-order valence-electron chi connectivity index (χ1n) is 8.09. The van der Waals surface area contributed by atoms with Crippen LogP contribution in [-0.4, -0.2) is 80.6 Å². The second-order valence-corrected chi connectivity index (χ2v) is 6.12. The van der Waals surface area contributed by atoms with E-state index in [1.165, 1.54) is 0 Å². The summed E-state index contributed by atoms with van der Waals surface area (Å²) < 4.78 is 16.6. The van der Waals surface area contributed by atoms with E-state index in [0.29, 0.717) is 32.3 Å². The van der Waals surface area contributed by atoms with Crippen LogP contribution in [0.5, 0.6) is 0 Å². The smallest absolute Gasteiger partial charge is 0.239 e. The zero-order valence-electron chi connectivity index (χ0n) is 12.8. The van der Waals surface area contributed by atoms with E-state index in [-0.39, 0.29) is 18.2 Å². The number of piperidine rings is 1. The van der Waals surface area contributed by atoms with Crippen LogP contribution in [0.2, 0.25) is 0 Å². The Morgan fingerprint density at radius 1 is 1.10 bits per heavy atom. The van der Waals surface area contributed by atoms with E-state index in [1.807, 2.05) is 11.8 Å². The number of morpholine rings is 1. The van der Waals surface area contributed by atoms with Crippen LogP contribution < -0.4 is 0 Å². The minimum Gasteiger partial charge on any atom is -0.378 e. The van der Waals surface area contributed by atoms with Gasteiger partial charge in [-0.3, -0.25) is 9.69 Å². The van der Waals surface area contributed by atoms with Gasteiger partial charge in [-0.15, -0.1) is 0 Å². The molecular formula is C15H26N2O4. The summed E-state index contributed by atoms with van der Waals surface area (Å²) >= 11 is 0. The molecule has 3 rings (SSSR count). The van der Waals surface area contributed by atoms with E-state index in [0.717, 1.165) is 39.0 Å². The largest absolute Gasteiger partial charge is 0.378 e. The Labute approximate surface area is 126 Å². The number of carbonyl (C=O) groups is 1. The minimum atomic E-state index is -0.0708. The molecule has 0 aromatic heterocycles. The molecule has 3 saturated heterocycles. The molecule has 3 heterocycles. The van der Waals surface area contributed by atoms with Crippen molar-refractivity contribution in [2.75, 3.05) is 52.6 Å². The maximum absolute atomic E-state index is 12.6. The lowest BCUT2D eigenvalue weighted by atomic mass is 9.96. The van der Waals surface area contributed by atoms with Gasteiger partial charge in [0.15, 0.2) is 6.29 Å². The van der Waals surface area contributed by atoms with Gasteiger partial charge < -0.3 is 19.1 Å². The number of hydrogen-bond acceptors (Lipinski definition) is 5. The van der Waals surface area contributed by atoms with Crippen LogP contribution in [0.15, 0.2) is 0 Å². The summed E-state index contributed by atoms with van der Waals surface area (Å²) in [5, 5.41) is 0. The third kappa shape index (κ3) is 3.56. The van der Waals surface area contributed by atoms with Gasteiger partial charge in [0.2, 0.25) is 5.91 Å². The Balaban J connectivity index is 1.55. The summed E-state index contributed by atoms with van der Waals surface area (Å²) in [6, 6.07) is -0.0627. The zero-order chi connectivity index (χ0) is 14.7. The molecule has 0 radical (unpaired) electrons. The van der Waals surface area contributed by atoms with Crippen LogP contribution >= 0.6 is 0 Å². The maximum Gasteiger partial charge on any atom is 0.239 e. The Bertz CT molecular complexity index is 354. The van der Waals surface area contributed by atoms with Crippen molar-refractivity contribution in [3.63, 3.8) is 0 Å². The highest BCUT2D eigenvalue weighted by molar-refractivity contribution is 5.81. The predicted octanol–water partition coefficient (Wildman–Crippen LogP) is 0.319. The lowest BCUT2D eigenvalue weighted by molar-refractivity contribution is -0.144. The first-order valence-corrected chi connectivity index (χ1v) is 8.09. The molecule has 0 aromatic rings. The van der Waals surface area contributed by atoms with E-state index < -0.39 is 0 Å². The van der Waals surface area contributed by atoms with Crippen LogP contribution in [0.25, 0.3) is 0 Å². The highest BCUT2D eigenvalue weighted by atomic mass is 16.7. The second kappa shape index (κ2) is 7.05. The summed E-state index contributed by atoms with van der Waals surface area (Å²) in [5.74, 6) is 0.619. The average molecular weight is 298 g/mol. The van der Waals surface area contributed by atoms with E-state index in [9.17, 15) is 4.79 Å². The van der Waals surface area contributed by atoms with Crippen molar-refractivity contribution in [2.24, 2.45) is 5.92 Å². The highest BCUT2D eigenvalue weighted by Crippen LogP contribution is 2.26. The summed E-state index contributed by atoms with van der Waals surface area (Å²) in [5.41, 5.74) is 0. The molecule has 2 atom stereocenters. The third-order valence-corrected chi connectivity index (χ3v) is 4.75. The minimum absolute atomic E-state index is 0.0627. The monoisotopic (exact) mass is 298 g/mol. The Hall–Kier alpha value is -0.690. The quantitative estimate of drug-likeness (QED) is 0.751. The van der Waals surface area contributed by atoms with Crippen molar-refractivity contribution < 1.29 is 19.0 Å². The van der Waals surface area contributed by atoms with Crippen molar-refractivity contribution in [3.05, 3.63) is 0 Å². The molecule has 6 nitrogen and oxygen atoms in total. The summed E-state index contributed by atoms with van der Waals surface area (Å²) in [7, 11) is 0. The average Bonchev–Trinajstić information content (AvgIpc) is 3.09. The number of ether oxygens (including phenoxy) is 3. The number of hydrogen-bond donors (Lipinski definition) is 0. The number of likely N-dealkylation sites (tertiary alicyclic amines) is 1. The van der Waals surface area contributed by atoms with Gasteiger partial charge in [0, 0.05) is 25.6 Å². The number of rotatable bonds is 3. The van der Waals surface area contributed by atoms with Crippen molar-refractivity contribution in [1.82, 2.24) is 9.80 Å². The molecule has 1 amide bonds. The van der Waals surface area contributed by atoms with Crippen LogP contribution in [0.3, 0.4) is 0 Å². The molecule has 0 N–H and O–H groups in total. The summed E-state index contributed by atoms with van der Waals surface area (Å²) in [6.45, 7) is 8.05. The van der Waals surface area contributed by atoms with Crippen molar-refractivity contribution in [3.8, 4) is 0 Å². The van der Waals surface area contributed by atoms with Gasteiger partial charge in [0.05, 0.1) is 32.5 Å². The van der Waals surface area contributed by atoms with Gasteiger partial charge in [-0.05, 0) is 26.3 Å². The van der Waals surface area contributed by atoms with Gasteiger partial charge >= 0.3 is 0 Å². The van der Waals surface area contributed by atoms with E-state index in [1.54, 1.807) is 0 Å². The number of carbonyl (C=O) groups excluding carboxylic acids is 1. The standard InChI is InChI=1S/C15H26N2O4/c1-12(14(18)16-5-7-19-8-6-16)17-4-2-3-13(11-17)15-20-9-10-21-15/h12-13,15H,2-11H2,1H3/t12-,13+/m1/s1. The van der Waals surface area contributed by atoms with Crippen LogP contribution in [0.1, 0.15) is 19.8 Å².